The van der Waals surface area contributed by atoms with Crippen molar-refractivity contribution in [3.63, 3.8) is 0 Å². The average molecular weight is 372 g/mol. The molecule has 0 aliphatic carbocycles. The van der Waals surface area contributed by atoms with E-state index in [0.29, 0.717) is 5.82 Å². The molecule has 1 aliphatic rings. The summed E-state index contributed by atoms with van der Waals surface area (Å²) < 4.78 is 12.8. The van der Waals surface area contributed by atoms with Crippen LogP contribution in [0.25, 0.3) is 0 Å². The summed E-state index contributed by atoms with van der Waals surface area (Å²) in [5.41, 5.74) is 0.822. The van der Waals surface area contributed by atoms with Gasteiger partial charge in [-0.2, -0.15) is 0 Å². The molecule has 1 fully saturated rings. The lowest BCUT2D eigenvalue weighted by Gasteiger charge is -2.32. The third kappa shape index (κ3) is 6.64. The molecular weight excluding hydrogens is 331 g/mol. The first-order valence-corrected chi connectivity index (χ1v) is 11.3. The van der Waals surface area contributed by atoms with Crippen LogP contribution in [0, 0.1) is 0 Å². The molecule has 1 unspecified atom stereocenters. The molecule has 2 nitrogen and oxygen atoms in total. The summed E-state index contributed by atoms with van der Waals surface area (Å²) in [5, 5.41) is 0. The molecule has 0 saturated carbocycles. The van der Waals surface area contributed by atoms with Crippen LogP contribution in [0.5, 0.6) is 0 Å². The number of rotatable bonds is 12. The van der Waals surface area contributed by atoms with E-state index in [1.165, 1.54) is 63.4 Å². The van der Waals surface area contributed by atoms with Gasteiger partial charge in [0, 0.05) is 5.82 Å². The van der Waals surface area contributed by atoms with Crippen LogP contribution in [0.1, 0.15) is 110 Å². The van der Waals surface area contributed by atoms with Gasteiger partial charge in [0.25, 0.3) is 0 Å². The zero-order valence-electron chi connectivity index (χ0n) is 18.4. The van der Waals surface area contributed by atoms with E-state index >= 15 is 0 Å². The van der Waals surface area contributed by atoms with E-state index in [4.69, 9.17) is 9.31 Å². The number of hydrogen-bond donors (Lipinski definition) is 0. The summed E-state index contributed by atoms with van der Waals surface area (Å²) in [4.78, 5) is 0. The summed E-state index contributed by atoms with van der Waals surface area (Å²) in [5.74, 6) is 0.316. The van der Waals surface area contributed by atoms with Crippen molar-refractivity contribution in [2.45, 2.75) is 116 Å². The molecular formula is C24H41BO2. The summed E-state index contributed by atoms with van der Waals surface area (Å²) in [6.07, 6.45) is 13.4. The van der Waals surface area contributed by atoms with Crippen LogP contribution in [0.3, 0.4) is 0 Å². The van der Waals surface area contributed by atoms with Crippen molar-refractivity contribution in [1.29, 1.82) is 0 Å². The van der Waals surface area contributed by atoms with E-state index in [-0.39, 0.29) is 18.3 Å². The maximum Gasteiger partial charge on any atom is 0.465 e. The second-order valence-electron chi connectivity index (χ2n) is 9.26. The molecule has 0 radical (unpaired) electrons. The number of benzene rings is 1. The predicted molar refractivity (Wildman–Crippen MR) is 117 cm³/mol. The smallest absolute Gasteiger partial charge is 0.403 e. The molecule has 1 saturated heterocycles. The molecule has 0 amide bonds. The van der Waals surface area contributed by atoms with Crippen LogP contribution in [0.15, 0.2) is 30.3 Å². The van der Waals surface area contributed by atoms with Crippen molar-refractivity contribution < 1.29 is 9.31 Å². The van der Waals surface area contributed by atoms with Crippen LogP contribution in [-0.2, 0) is 9.31 Å². The Hall–Kier alpha value is -0.795. The third-order valence-corrected chi connectivity index (χ3v) is 6.45. The number of unbranched alkanes of at least 4 members (excludes halogenated alkanes) is 8. The third-order valence-electron chi connectivity index (χ3n) is 6.45. The van der Waals surface area contributed by atoms with Gasteiger partial charge in [0.05, 0.1) is 11.2 Å². The van der Waals surface area contributed by atoms with Crippen molar-refractivity contribution in [1.82, 2.24) is 0 Å². The fourth-order valence-corrected chi connectivity index (χ4v) is 3.89. The quantitative estimate of drug-likeness (QED) is 0.283. The Balaban J connectivity index is 1.83. The molecule has 0 aromatic heterocycles. The van der Waals surface area contributed by atoms with Crippen molar-refractivity contribution in [3.05, 3.63) is 35.9 Å². The summed E-state index contributed by atoms with van der Waals surface area (Å²) in [6.45, 7) is 10.9. The van der Waals surface area contributed by atoms with E-state index in [1.807, 2.05) is 0 Å². The molecule has 1 aromatic rings. The summed E-state index contributed by atoms with van der Waals surface area (Å²) >= 11 is 0. The Bertz CT molecular complexity index is 510. The molecule has 1 aromatic carbocycles. The lowest BCUT2D eigenvalue weighted by atomic mass is 9.65. The van der Waals surface area contributed by atoms with Crippen molar-refractivity contribution in [3.8, 4) is 0 Å². The highest BCUT2D eigenvalue weighted by atomic mass is 16.7. The lowest BCUT2D eigenvalue weighted by molar-refractivity contribution is 0.00578. The number of hydrogen-bond acceptors (Lipinski definition) is 2. The predicted octanol–water partition coefficient (Wildman–Crippen LogP) is 7.32. The normalized spacial score (nSPS) is 19.4. The van der Waals surface area contributed by atoms with Crippen molar-refractivity contribution in [2.24, 2.45) is 0 Å². The van der Waals surface area contributed by atoms with Gasteiger partial charge < -0.3 is 9.31 Å². The minimum absolute atomic E-state index is 0.147. The van der Waals surface area contributed by atoms with Crippen LogP contribution in [0.2, 0.25) is 0 Å². The maximum atomic E-state index is 6.39. The van der Waals surface area contributed by atoms with Gasteiger partial charge in [0.15, 0.2) is 0 Å². The average Bonchev–Trinajstić information content (AvgIpc) is 2.84. The van der Waals surface area contributed by atoms with Crippen LogP contribution < -0.4 is 0 Å². The first kappa shape index (κ1) is 22.5. The molecule has 27 heavy (non-hydrogen) atoms. The highest BCUT2D eigenvalue weighted by Crippen LogP contribution is 2.42. The standard InChI is InChI=1S/C24H41BO2/c1-6-7-8-9-10-11-12-13-17-20-22(21-18-15-14-16-19-21)25-26-23(2,3)24(4,5)27-25/h14-16,18-19,22H,6-13,17,20H2,1-5H3. The fraction of sp³-hybridized carbons (Fsp3) is 0.750. The minimum atomic E-state index is -0.261. The summed E-state index contributed by atoms with van der Waals surface area (Å²) in [6, 6.07) is 10.8. The van der Waals surface area contributed by atoms with Gasteiger partial charge in [-0.05, 0) is 39.7 Å². The van der Waals surface area contributed by atoms with Crippen molar-refractivity contribution >= 4 is 7.12 Å². The first-order valence-electron chi connectivity index (χ1n) is 11.3. The van der Waals surface area contributed by atoms with Gasteiger partial charge in [-0.3, -0.25) is 0 Å². The van der Waals surface area contributed by atoms with Crippen LogP contribution in [0.4, 0.5) is 0 Å². The SMILES string of the molecule is CCCCCCCCCCCC(B1OC(C)(C)C(C)(C)O1)c1ccccc1. The van der Waals surface area contributed by atoms with E-state index in [2.05, 4.69) is 65.0 Å². The Morgan fingerprint density at radius 2 is 1.22 bits per heavy atom. The summed E-state index contributed by atoms with van der Waals surface area (Å²) in [7, 11) is -0.147. The largest absolute Gasteiger partial charge is 0.465 e. The Labute approximate surface area is 168 Å². The van der Waals surface area contributed by atoms with E-state index < -0.39 is 0 Å². The van der Waals surface area contributed by atoms with Gasteiger partial charge in [0.2, 0.25) is 0 Å². The van der Waals surface area contributed by atoms with E-state index in [0.717, 1.165) is 6.42 Å². The van der Waals surface area contributed by atoms with Gasteiger partial charge >= 0.3 is 7.12 Å². The van der Waals surface area contributed by atoms with Gasteiger partial charge in [-0.15, -0.1) is 0 Å². The second-order valence-corrected chi connectivity index (χ2v) is 9.26. The molecule has 1 aliphatic heterocycles. The van der Waals surface area contributed by atoms with E-state index in [1.54, 1.807) is 0 Å². The highest BCUT2D eigenvalue weighted by Gasteiger charge is 2.53. The molecule has 2 rings (SSSR count). The molecule has 0 bridgehead atoms. The Morgan fingerprint density at radius 3 is 1.74 bits per heavy atom. The molecule has 3 heteroatoms. The van der Waals surface area contributed by atoms with Gasteiger partial charge in [-0.1, -0.05) is 95.0 Å². The van der Waals surface area contributed by atoms with Crippen LogP contribution in [-0.4, -0.2) is 18.3 Å². The highest BCUT2D eigenvalue weighted by molar-refractivity contribution is 6.47. The van der Waals surface area contributed by atoms with E-state index in [9.17, 15) is 0 Å². The first-order chi connectivity index (χ1) is 12.9. The Kier molecular flexibility index (Phi) is 8.89. The Morgan fingerprint density at radius 1 is 0.741 bits per heavy atom. The lowest BCUT2D eigenvalue weighted by Crippen LogP contribution is -2.41. The molecule has 1 atom stereocenters. The monoisotopic (exact) mass is 372 g/mol. The second kappa shape index (κ2) is 10.7. The zero-order chi connectivity index (χ0) is 19.8. The zero-order valence-corrected chi connectivity index (χ0v) is 18.4. The van der Waals surface area contributed by atoms with Gasteiger partial charge in [0.1, 0.15) is 0 Å². The molecule has 0 N–H and O–H groups in total. The van der Waals surface area contributed by atoms with Crippen LogP contribution >= 0.6 is 0 Å². The fourth-order valence-electron chi connectivity index (χ4n) is 3.89. The molecule has 0 spiro atoms. The van der Waals surface area contributed by atoms with Crippen molar-refractivity contribution in [2.75, 3.05) is 0 Å². The van der Waals surface area contributed by atoms with Gasteiger partial charge in [-0.25, -0.2) is 0 Å². The topological polar surface area (TPSA) is 18.5 Å². The molecule has 1 heterocycles. The minimum Gasteiger partial charge on any atom is -0.403 e. The maximum absolute atomic E-state index is 6.39. The molecule has 152 valence electrons.